The standard InChI is InChI=1S/C21H23N5O3/c1-12-6-15(13-7-17(29-5)19(27)22-8-13)24-16-11-25(20(28)18(12)16)14-9-23-26(10-14)21(2,3)4/h6-10H,11H2,1-5H3,(H,22,27). The Kier molecular flexibility index (Phi) is 4.29. The van der Waals surface area contributed by atoms with E-state index in [1.807, 2.05) is 23.9 Å². The van der Waals surface area contributed by atoms with Crippen molar-refractivity contribution in [2.75, 3.05) is 12.0 Å². The number of pyridine rings is 2. The summed E-state index contributed by atoms with van der Waals surface area (Å²) in [5.41, 5.74) is 4.13. The van der Waals surface area contributed by atoms with E-state index in [0.29, 0.717) is 29.1 Å². The number of nitrogens with zero attached hydrogens (tertiary/aromatic N) is 5. The van der Waals surface area contributed by atoms with Crippen LogP contribution in [-0.4, -0.2) is 37.9 Å². The molecule has 1 N–H and O–H groups in total. The van der Waals surface area contributed by atoms with Gasteiger partial charge in [0.2, 0.25) is 0 Å². The van der Waals surface area contributed by atoms with Gasteiger partial charge in [0.05, 0.1) is 48.0 Å². The van der Waals surface area contributed by atoms with Crippen LogP contribution in [0.4, 0.5) is 5.69 Å². The summed E-state index contributed by atoms with van der Waals surface area (Å²) in [6.07, 6.45) is 5.13. The Hall–Kier alpha value is -3.42. The number of aromatic hydroxyl groups is 1. The van der Waals surface area contributed by atoms with Gasteiger partial charge in [-0.25, -0.2) is 4.98 Å². The first-order chi connectivity index (χ1) is 13.7. The Labute approximate surface area is 168 Å². The molecule has 8 heteroatoms. The lowest BCUT2D eigenvalue weighted by atomic mass is 10.1. The molecule has 4 heterocycles. The monoisotopic (exact) mass is 393 g/mol. The van der Waals surface area contributed by atoms with Gasteiger partial charge in [-0.2, -0.15) is 5.10 Å². The van der Waals surface area contributed by atoms with Crippen molar-refractivity contribution in [2.24, 2.45) is 0 Å². The van der Waals surface area contributed by atoms with Crippen LogP contribution in [0.25, 0.3) is 11.3 Å². The van der Waals surface area contributed by atoms with Gasteiger partial charge in [-0.1, -0.05) is 0 Å². The van der Waals surface area contributed by atoms with Crippen LogP contribution in [0.3, 0.4) is 0 Å². The molecule has 3 aromatic rings. The molecule has 0 saturated heterocycles. The molecule has 0 bridgehead atoms. The van der Waals surface area contributed by atoms with E-state index >= 15 is 0 Å². The number of carbonyl (C=O) groups is 1. The Bertz CT molecular complexity index is 1110. The van der Waals surface area contributed by atoms with Crippen molar-refractivity contribution in [1.29, 1.82) is 0 Å². The molecule has 150 valence electrons. The Morgan fingerprint density at radius 2 is 1.97 bits per heavy atom. The predicted molar refractivity (Wildman–Crippen MR) is 108 cm³/mol. The van der Waals surface area contributed by atoms with Gasteiger partial charge >= 0.3 is 0 Å². The third-order valence-electron chi connectivity index (χ3n) is 4.97. The summed E-state index contributed by atoms with van der Waals surface area (Å²) in [5.74, 6) is 0.0208. The second kappa shape index (κ2) is 6.58. The normalized spacial score (nSPS) is 13.7. The van der Waals surface area contributed by atoms with Gasteiger partial charge in [-0.15, -0.1) is 0 Å². The fourth-order valence-corrected chi connectivity index (χ4v) is 3.41. The minimum Gasteiger partial charge on any atom is -0.491 e. The summed E-state index contributed by atoms with van der Waals surface area (Å²) >= 11 is 0. The van der Waals surface area contributed by atoms with Gasteiger partial charge in [0.25, 0.3) is 11.8 Å². The number of aryl methyl sites for hydroxylation is 1. The fraction of sp³-hybridized carbons (Fsp3) is 0.333. The van der Waals surface area contributed by atoms with Gasteiger partial charge in [0.1, 0.15) is 0 Å². The van der Waals surface area contributed by atoms with Gasteiger partial charge in [-0.3, -0.25) is 19.4 Å². The van der Waals surface area contributed by atoms with Crippen LogP contribution in [0.1, 0.15) is 42.4 Å². The molecule has 1 amide bonds. The maximum Gasteiger partial charge on any atom is 0.260 e. The zero-order valence-electron chi connectivity index (χ0n) is 17.1. The average Bonchev–Trinajstić information content (AvgIpc) is 3.27. The number of ether oxygens (including phenoxy) is 1. The molecule has 0 spiro atoms. The SMILES string of the molecule is COc1cc(-c2cc(C)c3c(n2)CN(c2cnn(C(C)(C)C)c2)C3=O)cnc1O. The van der Waals surface area contributed by atoms with Crippen LogP contribution in [0.15, 0.2) is 30.7 Å². The van der Waals surface area contributed by atoms with E-state index in [-0.39, 0.29) is 23.1 Å². The lowest BCUT2D eigenvalue weighted by Crippen LogP contribution is -2.24. The quantitative estimate of drug-likeness (QED) is 0.734. The van der Waals surface area contributed by atoms with Crippen molar-refractivity contribution in [3.8, 4) is 22.9 Å². The Balaban J connectivity index is 1.71. The van der Waals surface area contributed by atoms with E-state index in [0.717, 1.165) is 11.3 Å². The zero-order valence-corrected chi connectivity index (χ0v) is 17.1. The van der Waals surface area contributed by atoms with E-state index in [1.165, 1.54) is 13.3 Å². The van der Waals surface area contributed by atoms with Gasteiger partial charge in [0, 0.05) is 18.0 Å². The second-order valence-corrected chi connectivity index (χ2v) is 8.10. The first-order valence-corrected chi connectivity index (χ1v) is 9.30. The molecule has 4 rings (SSSR count). The summed E-state index contributed by atoms with van der Waals surface area (Å²) in [4.78, 5) is 23.4. The number of hydrogen-bond donors (Lipinski definition) is 1. The van der Waals surface area contributed by atoms with Gasteiger partial charge < -0.3 is 9.84 Å². The molecule has 29 heavy (non-hydrogen) atoms. The topological polar surface area (TPSA) is 93.4 Å². The van der Waals surface area contributed by atoms with Crippen molar-refractivity contribution < 1.29 is 14.6 Å². The van der Waals surface area contributed by atoms with Crippen LogP contribution < -0.4 is 9.64 Å². The molecule has 3 aromatic heterocycles. The van der Waals surface area contributed by atoms with E-state index in [9.17, 15) is 9.90 Å². The molecule has 0 atom stereocenters. The number of rotatable bonds is 3. The molecule has 0 saturated carbocycles. The third-order valence-corrected chi connectivity index (χ3v) is 4.97. The van der Waals surface area contributed by atoms with Crippen LogP contribution in [-0.2, 0) is 12.1 Å². The largest absolute Gasteiger partial charge is 0.491 e. The molecule has 0 fully saturated rings. The van der Waals surface area contributed by atoms with Crippen molar-refractivity contribution in [3.63, 3.8) is 0 Å². The number of methoxy groups -OCH3 is 1. The van der Waals surface area contributed by atoms with E-state index in [1.54, 1.807) is 17.2 Å². The highest BCUT2D eigenvalue weighted by Crippen LogP contribution is 2.34. The van der Waals surface area contributed by atoms with Crippen LogP contribution in [0, 0.1) is 6.92 Å². The third kappa shape index (κ3) is 3.20. The molecule has 1 aliphatic rings. The molecule has 0 aliphatic carbocycles. The van der Waals surface area contributed by atoms with E-state index in [4.69, 9.17) is 9.72 Å². The highest BCUT2D eigenvalue weighted by molar-refractivity contribution is 6.10. The molecule has 0 unspecified atom stereocenters. The minimum atomic E-state index is -0.175. The van der Waals surface area contributed by atoms with E-state index in [2.05, 4.69) is 30.9 Å². The predicted octanol–water partition coefficient (Wildman–Crippen LogP) is 3.28. The molecular formula is C21H23N5O3. The summed E-state index contributed by atoms with van der Waals surface area (Å²) in [7, 11) is 1.47. The molecule has 8 nitrogen and oxygen atoms in total. The Morgan fingerprint density at radius 1 is 1.21 bits per heavy atom. The molecule has 1 aliphatic heterocycles. The zero-order chi connectivity index (χ0) is 20.9. The van der Waals surface area contributed by atoms with Crippen LogP contribution in [0.2, 0.25) is 0 Å². The van der Waals surface area contributed by atoms with Gasteiger partial charge in [0.15, 0.2) is 5.75 Å². The van der Waals surface area contributed by atoms with Crippen molar-refractivity contribution in [2.45, 2.75) is 39.8 Å². The summed E-state index contributed by atoms with van der Waals surface area (Å²) < 4.78 is 6.99. The van der Waals surface area contributed by atoms with Crippen LogP contribution >= 0.6 is 0 Å². The number of fused-ring (bicyclic) bond motifs is 1. The maximum absolute atomic E-state index is 13.1. The Morgan fingerprint density at radius 3 is 2.62 bits per heavy atom. The average molecular weight is 393 g/mol. The minimum absolute atomic E-state index is 0.0774. The van der Waals surface area contributed by atoms with Gasteiger partial charge in [-0.05, 0) is 45.4 Å². The number of amides is 1. The summed E-state index contributed by atoms with van der Waals surface area (Å²) in [6.45, 7) is 8.45. The lowest BCUT2D eigenvalue weighted by molar-refractivity contribution is 0.0996. The number of hydrogen-bond acceptors (Lipinski definition) is 6. The molecular weight excluding hydrogens is 370 g/mol. The number of anilines is 1. The molecule has 0 aromatic carbocycles. The summed E-state index contributed by atoms with van der Waals surface area (Å²) in [5, 5.41) is 14.1. The lowest BCUT2D eigenvalue weighted by Gasteiger charge is -2.19. The number of carbonyl (C=O) groups excluding carboxylic acids is 1. The smallest absolute Gasteiger partial charge is 0.260 e. The maximum atomic E-state index is 13.1. The summed E-state index contributed by atoms with van der Waals surface area (Å²) in [6, 6.07) is 3.53. The van der Waals surface area contributed by atoms with Crippen molar-refractivity contribution >= 4 is 11.6 Å². The fourth-order valence-electron chi connectivity index (χ4n) is 3.41. The van der Waals surface area contributed by atoms with Crippen molar-refractivity contribution in [1.82, 2.24) is 19.7 Å². The molecule has 0 radical (unpaired) electrons. The highest BCUT2D eigenvalue weighted by atomic mass is 16.5. The van der Waals surface area contributed by atoms with E-state index < -0.39 is 0 Å². The highest BCUT2D eigenvalue weighted by Gasteiger charge is 2.33. The van der Waals surface area contributed by atoms with Crippen molar-refractivity contribution in [3.05, 3.63) is 47.5 Å². The van der Waals surface area contributed by atoms with Crippen LogP contribution in [0.5, 0.6) is 11.6 Å². The first kappa shape index (κ1) is 18.9. The second-order valence-electron chi connectivity index (χ2n) is 8.10. The number of aromatic nitrogens is 4. The first-order valence-electron chi connectivity index (χ1n) is 9.30.